The summed E-state index contributed by atoms with van der Waals surface area (Å²) >= 11 is 0. The first kappa shape index (κ1) is 20.9. The monoisotopic (exact) mass is 360 g/mol. The van der Waals surface area contributed by atoms with Crippen LogP contribution < -0.4 is 0 Å². The normalized spacial score (nSPS) is 18.7. The summed E-state index contributed by atoms with van der Waals surface area (Å²) in [5, 5.41) is 9.51. The van der Waals surface area contributed by atoms with Crippen molar-refractivity contribution < 1.29 is 9.90 Å². The summed E-state index contributed by atoms with van der Waals surface area (Å²) in [6.07, 6.45) is 3.07. The fourth-order valence-electron chi connectivity index (χ4n) is 3.56. The molecule has 1 unspecified atom stereocenters. The van der Waals surface area contributed by atoms with Crippen molar-refractivity contribution in [3.63, 3.8) is 0 Å². The summed E-state index contributed by atoms with van der Waals surface area (Å²) in [4.78, 5) is 17.0. The van der Waals surface area contributed by atoms with Crippen molar-refractivity contribution >= 4 is 5.91 Å². The van der Waals surface area contributed by atoms with Gasteiger partial charge in [0.05, 0.1) is 0 Å². The van der Waals surface area contributed by atoms with E-state index in [9.17, 15) is 9.90 Å². The van der Waals surface area contributed by atoms with Gasteiger partial charge >= 0.3 is 0 Å². The Hall–Kier alpha value is -1.39. The Labute approximate surface area is 159 Å². The number of carbonyl (C=O) groups excluding carboxylic acids is 1. The van der Waals surface area contributed by atoms with Gasteiger partial charge < -0.3 is 14.9 Å². The molecule has 146 valence electrons. The minimum atomic E-state index is 0.0884. The molecule has 4 nitrogen and oxygen atoms in total. The third kappa shape index (κ3) is 5.31. The molecule has 1 atom stereocenters. The Morgan fingerprint density at radius 2 is 1.77 bits per heavy atom. The first-order valence-corrected chi connectivity index (χ1v) is 9.96. The fourth-order valence-corrected chi connectivity index (χ4v) is 3.56. The van der Waals surface area contributed by atoms with Gasteiger partial charge in [0, 0.05) is 31.8 Å². The number of rotatable bonds is 7. The van der Waals surface area contributed by atoms with E-state index >= 15 is 0 Å². The first-order valence-electron chi connectivity index (χ1n) is 9.96. The summed E-state index contributed by atoms with van der Waals surface area (Å²) in [5.41, 5.74) is 2.12. The molecular formula is C22H36N2O2. The molecule has 26 heavy (non-hydrogen) atoms. The molecule has 1 aliphatic rings. The number of carbonyl (C=O) groups is 1. The molecular weight excluding hydrogens is 324 g/mol. The quantitative estimate of drug-likeness (QED) is 0.805. The smallest absolute Gasteiger partial charge is 0.253 e. The lowest BCUT2D eigenvalue weighted by Gasteiger charge is -2.41. The molecule has 1 saturated heterocycles. The summed E-state index contributed by atoms with van der Waals surface area (Å²) in [7, 11) is 1.89. The molecule has 0 aliphatic carbocycles. The predicted octanol–water partition coefficient (Wildman–Crippen LogP) is 3.76. The Morgan fingerprint density at radius 3 is 2.27 bits per heavy atom. The van der Waals surface area contributed by atoms with Crippen molar-refractivity contribution in [2.75, 3.05) is 33.3 Å². The highest BCUT2D eigenvalue weighted by Gasteiger charge is 2.31. The number of hydrogen-bond donors (Lipinski definition) is 1. The second-order valence-electron chi connectivity index (χ2n) is 8.65. The SMILES string of the molecule is CC(C)c1ccc(C(=O)N(C)CCC(C)N2CCC(C)(CO)CC2)cc1. The average Bonchev–Trinajstić information content (AvgIpc) is 2.65. The van der Waals surface area contributed by atoms with Gasteiger partial charge in [-0.25, -0.2) is 0 Å². The number of hydrogen-bond acceptors (Lipinski definition) is 3. The van der Waals surface area contributed by atoms with Crippen LogP contribution in [0.3, 0.4) is 0 Å². The van der Waals surface area contributed by atoms with Gasteiger partial charge in [0.1, 0.15) is 0 Å². The highest BCUT2D eigenvalue weighted by molar-refractivity contribution is 5.94. The number of aliphatic hydroxyl groups excluding tert-OH is 1. The minimum absolute atomic E-state index is 0.0884. The van der Waals surface area contributed by atoms with Crippen LogP contribution in [0.2, 0.25) is 0 Å². The van der Waals surface area contributed by atoms with Gasteiger partial charge in [-0.05, 0) is 68.3 Å². The van der Waals surface area contributed by atoms with E-state index in [1.54, 1.807) is 0 Å². The molecule has 1 amide bonds. The van der Waals surface area contributed by atoms with E-state index in [0.717, 1.165) is 44.5 Å². The number of nitrogens with zero attached hydrogens (tertiary/aromatic N) is 2. The standard InChI is InChI=1S/C22H36N2O2/c1-17(2)19-6-8-20(9-7-19)21(26)23(5)13-10-18(3)24-14-11-22(4,16-25)12-15-24/h6-9,17-18,25H,10-16H2,1-5H3. The second kappa shape index (κ2) is 9.01. The number of likely N-dealkylation sites (tertiary alicyclic amines) is 1. The van der Waals surface area contributed by atoms with Crippen molar-refractivity contribution in [1.82, 2.24) is 9.80 Å². The van der Waals surface area contributed by atoms with Crippen molar-refractivity contribution in [3.8, 4) is 0 Å². The van der Waals surface area contributed by atoms with Crippen LogP contribution in [0.25, 0.3) is 0 Å². The summed E-state index contributed by atoms with van der Waals surface area (Å²) in [6, 6.07) is 8.45. The van der Waals surface area contributed by atoms with Crippen LogP contribution in [0.4, 0.5) is 0 Å². The zero-order valence-electron chi connectivity index (χ0n) is 17.2. The molecule has 1 N–H and O–H groups in total. The zero-order valence-corrected chi connectivity index (χ0v) is 17.2. The zero-order chi connectivity index (χ0) is 19.3. The number of piperidine rings is 1. The van der Waals surface area contributed by atoms with Crippen LogP contribution in [0.5, 0.6) is 0 Å². The molecule has 0 spiro atoms. The lowest BCUT2D eigenvalue weighted by atomic mass is 9.81. The van der Waals surface area contributed by atoms with E-state index in [1.165, 1.54) is 5.56 Å². The van der Waals surface area contributed by atoms with Crippen molar-refractivity contribution in [1.29, 1.82) is 0 Å². The molecule has 0 saturated carbocycles. The highest BCUT2D eigenvalue weighted by atomic mass is 16.3. The van der Waals surface area contributed by atoms with Gasteiger partial charge in [0.2, 0.25) is 0 Å². The van der Waals surface area contributed by atoms with E-state index in [-0.39, 0.29) is 17.9 Å². The second-order valence-corrected chi connectivity index (χ2v) is 8.65. The van der Waals surface area contributed by atoms with Crippen LogP contribution >= 0.6 is 0 Å². The van der Waals surface area contributed by atoms with E-state index in [1.807, 2.05) is 24.1 Å². The maximum atomic E-state index is 12.6. The Kier molecular flexibility index (Phi) is 7.24. The predicted molar refractivity (Wildman–Crippen MR) is 108 cm³/mol. The molecule has 1 aliphatic heterocycles. The van der Waals surface area contributed by atoms with E-state index in [0.29, 0.717) is 12.0 Å². The maximum absolute atomic E-state index is 12.6. The highest BCUT2D eigenvalue weighted by Crippen LogP contribution is 2.31. The van der Waals surface area contributed by atoms with Gasteiger partial charge in [0.15, 0.2) is 0 Å². The minimum Gasteiger partial charge on any atom is -0.396 e. The summed E-state index contributed by atoms with van der Waals surface area (Å²) in [5.74, 6) is 0.578. The lowest BCUT2D eigenvalue weighted by molar-refractivity contribution is 0.0394. The molecule has 2 rings (SSSR count). The van der Waals surface area contributed by atoms with Gasteiger partial charge in [-0.1, -0.05) is 32.9 Å². The third-order valence-electron chi connectivity index (χ3n) is 6.06. The van der Waals surface area contributed by atoms with Crippen LogP contribution in [-0.4, -0.2) is 60.1 Å². The molecule has 1 aromatic rings. The third-order valence-corrected chi connectivity index (χ3v) is 6.06. The van der Waals surface area contributed by atoms with E-state index in [2.05, 4.69) is 44.7 Å². The first-order chi connectivity index (χ1) is 12.3. The molecule has 1 aromatic carbocycles. The molecule has 0 aromatic heterocycles. The summed E-state index contributed by atoms with van der Waals surface area (Å²) in [6.45, 7) is 11.9. The van der Waals surface area contributed by atoms with Gasteiger partial charge in [-0.3, -0.25) is 4.79 Å². The van der Waals surface area contributed by atoms with Gasteiger partial charge in [-0.2, -0.15) is 0 Å². The maximum Gasteiger partial charge on any atom is 0.253 e. The van der Waals surface area contributed by atoms with Crippen molar-refractivity contribution in [2.45, 2.75) is 58.9 Å². The van der Waals surface area contributed by atoms with Crippen LogP contribution in [0.15, 0.2) is 24.3 Å². The Bertz CT molecular complexity index is 574. The molecule has 4 heteroatoms. The van der Waals surface area contributed by atoms with Crippen LogP contribution in [0, 0.1) is 5.41 Å². The topological polar surface area (TPSA) is 43.8 Å². The Morgan fingerprint density at radius 1 is 1.19 bits per heavy atom. The van der Waals surface area contributed by atoms with Crippen molar-refractivity contribution in [3.05, 3.63) is 35.4 Å². The lowest BCUT2D eigenvalue weighted by Crippen LogP contribution is -2.45. The molecule has 1 fully saturated rings. The van der Waals surface area contributed by atoms with E-state index in [4.69, 9.17) is 0 Å². The average molecular weight is 361 g/mol. The largest absolute Gasteiger partial charge is 0.396 e. The van der Waals surface area contributed by atoms with Crippen molar-refractivity contribution in [2.24, 2.45) is 5.41 Å². The van der Waals surface area contributed by atoms with Gasteiger partial charge in [0.25, 0.3) is 5.91 Å². The summed E-state index contributed by atoms with van der Waals surface area (Å²) < 4.78 is 0. The molecule has 0 radical (unpaired) electrons. The number of benzene rings is 1. The number of amides is 1. The molecule has 1 heterocycles. The molecule has 0 bridgehead atoms. The van der Waals surface area contributed by atoms with Gasteiger partial charge in [-0.15, -0.1) is 0 Å². The fraction of sp³-hybridized carbons (Fsp3) is 0.682. The number of aliphatic hydroxyl groups is 1. The Balaban J connectivity index is 1.82. The van der Waals surface area contributed by atoms with Crippen LogP contribution in [0.1, 0.15) is 68.8 Å². The van der Waals surface area contributed by atoms with Crippen LogP contribution in [-0.2, 0) is 0 Å². The van der Waals surface area contributed by atoms with E-state index < -0.39 is 0 Å².